The number of hydrogen-bond acceptors (Lipinski definition) is 3. The van der Waals surface area contributed by atoms with E-state index in [1.54, 1.807) is 0 Å². The number of nitriles is 1. The molecule has 5 heteroatoms. The van der Waals surface area contributed by atoms with E-state index in [1.165, 1.54) is 0 Å². The molecule has 0 bridgehead atoms. The molecule has 1 aliphatic rings. The number of hydrogen-bond donors (Lipinski definition) is 1. The lowest BCUT2D eigenvalue weighted by atomic mass is 10.1. The minimum absolute atomic E-state index is 0.255. The maximum atomic E-state index is 8.90. The molecule has 1 heterocycles. The number of benzene rings is 2. The van der Waals surface area contributed by atoms with Gasteiger partial charge in [-0.1, -0.05) is 30.3 Å². The first kappa shape index (κ1) is 18.8. The van der Waals surface area contributed by atoms with Crippen LogP contribution < -0.4 is 10.1 Å². The zero-order valence-corrected chi connectivity index (χ0v) is 15.8. The summed E-state index contributed by atoms with van der Waals surface area (Å²) in [7, 11) is 0. The van der Waals surface area contributed by atoms with Crippen LogP contribution >= 0.6 is 0 Å². The number of rotatable bonds is 5. The van der Waals surface area contributed by atoms with Gasteiger partial charge in [-0.25, -0.2) is 4.99 Å². The number of ether oxygens (including phenoxy) is 1. The van der Waals surface area contributed by atoms with Gasteiger partial charge in [-0.15, -0.1) is 0 Å². The molecule has 0 spiro atoms. The molecule has 0 saturated carbocycles. The molecular formula is C22H26N4O. The van der Waals surface area contributed by atoms with Crippen molar-refractivity contribution in [1.82, 2.24) is 10.2 Å². The molecule has 0 radical (unpaired) electrons. The Kier molecular flexibility index (Phi) is 6.70. The van der Waals surface area contributed by atoms with Gasteiger partial charge in [0.2, 0.25) is 0 Å². The van der Waals surface area contributed by atoms with Crippen LogP contribution in [0.15, 0.2) is 59.6 Å². The number of likely N-dealkylation sites (tertiary alicyclic amines) is 1. The van der Waals surface area contributed by atoms with Crippen LogP contribution in [0.25, 0.3) is 0 Å². The van der Waals surface area contributed by atoms with Crippen LogP contribution in [-0.4, -0.2) is 36.6 Å². The largest absolute Gasteiger partial charge is 0.490 e. The first-order valence-corrected chi connectivity index (χ1v) is 9.52. The molecule has 0 atom stereocenters. The lowest BCUT2D eigenvalue weighted by molar-refractivity contribution is 0.129. The molecule has 2 aromatic carbocycles. The third-order valence-electron chi connectivity index (χ3n) is 4.62. The second kappa shape index (κ2) is 9.63. The van der Waals surface area contributed by atoms with Gasteiger partial charge < -0.3 is 15.0 Å². The number of guanidine groups is 1. The van der Waals surface area contributed by atoms with E-state index in [2.05, 4.69) is 23.2 Å². The standard InChI is InChI=1S/C22H26N4O/c1-2-24-22(25-17-19-10-8-18(16-23)9-11-19)26-14-12-21(13-15-26)27-20-6-4-3-5-7-20/h3-11,21H,2,12-15,17H2,1H3,(H,24,25). The van der Waals surface area contributed by atoms with Crippen LogP contribution in [-0.2, 0) is 6.54 Å². The molecule has 2 aromatic rings. The summed E-state index contributed by atoms with van der Waals surface area (Å²) in [6, 6.07) is 19.8. The zero-order chi connectivity index (χ0) is 18.9. The number of aliphatic imine (C=N–C) groups is 1. The number of para-hydroxylation sites is 1. The monoisotopic (exact) mass is 362 g/mol. The van der Waals surface area contributed by atoms with Crippen LogP contribution in [0.2, 0.25) is 0 Å². The highest BCUT2D eigenvalue weighted by molar-refractivity contribution is 5.80. The summed E-state index contributed by atoms with van der Waals surface area (Å²) < 4.78 is 6.08. The lowest BCUT2D eigenvalue weighted by Crippen LogP contribution is -2.47. The fraction of sp³-hybridized carbons (Fsp3) is 0.364. The maximum Gasteiger partial charge on any atom is 0.194 e. The summed E-state index contributed by atoms with van der Waals surface area (Å²) in [6.07, 6.45) is 2.22. The SMILES string of the molecule is CCNC(=NCc1ccc(C#N)cc1)N1CCC(Oc2ccccc2)CC1. The Hall–Kier alpha value is -3.00. The highest BCUT2D eigenvalue weighted by atomic mass is 16.5. The predicted molar refractivity (Wildman–Crippen MR) is 108 cm³/mol. The summed E-state index contributed by atoms with van der Waals surface area (Å²) >= 11 is 0. The summed E-state index contributed by atoms with van der Waals surface area (Å²) in [5, 5.41) is 12.3. The van der Waals surface area contributed by atoms with Gasteiger partial charge in [0, 0.05) is 32.5 Å². The Balaban J connectivity index is 1.56. The molecule has 3 rings (SSSR count). The fourth-order valence-corrected chi connectivity index (χ4v) is 3.15. The molecule has 0 aliphatic carbocycles. The second-order valence-electron chi connectivity index (χ2n) is 6.60. The second-order valence-corrected chi connectivity index (χ2v) is 6.60. The van der Waals surface area contributed by atoms with E-state index in [9.17, 15) is 0 Å². The third-order valence-corrected chi connectivity index (χ3v) is 4.62. The van der Waals surface area contributed by atoms with E-state index in [0.29, 0.717) is 12.1 Å². The summed E-state index contributed by atoms with van der Waals surface area (Å²) in [4.78, 5) is 7.08. The van der Waals surface area contributed by atoms with Gasteiger partial charge in [0.15, 0.2) is 5.96 Å². The van der Waals surface area contributed by atoms with Crippen molar-refractivity contribution in [2.75, 3.05) is 19.6 Å². The topological polar surface area (TPSA) is 60.7 Å². The van der Waals surface area contributed by atoms with Gasteiger partial charge in [0.05, 0.1) is 18.2 Å². The van der Waals surface area contributed by atoms with Gasteiger partial charge in [0.1, 0.15) is 11.9 Å². The van der Waals surface area contributed by atoms with E-state index in [4.69, 9.17) is 15.0 Å². The molecule has 1 fully saturated rings. The average Bonchev–Trinajstić information content (AvgIpc) is 2.73. The minimum atomic E-state index is 0.255. The lowest BCUT2D eigenvalue weighted by Gasteiger charge is -2.34. The number of nitrogens with zero attached hydrogens (tertiary/aromatic N) is 3. The van der Waals surface area contributed by atoms with Gasteiger partial charge in [-0.3, -0.25) is 0 Å². The van der Waals surface area contributed by atoms with Gasteiger partial charge in [-0.2, -0.15) is 5.26 Å². The third kappa shape index (κ3) is 5.49. The highest BCUT2D eigenvalue weighted by Crippen LogP contribution is 2.19. The van der Waals surface area contributed by atoms with E-state index in [1.807, 2.05) is 54.6 Å². The molecule has 140 valence electrons. The van der Waals surface area contributed by atoms with E-state index >= 15 is 0 Å². The molecule has 27 heavy (non-hydrogen) atoms. The summed E-state index contributed by atoms with van der Waals surface area (Å²) in [5.41, 5.74) is 1.78. The zero-order valence-electron chi connectivity index (χ0n) is 15.8. The van der Waals surface area contributed by atoms with Crippen molar-refractivity contribution in [3.8, 4) is 11.8 Å². The highest BCUT2D eigenvalue weighted by Gasteiger charge is 2.22. The maximum absolute atomic E-state index is 8.90. The smallest absolute Gasteiger partial charge is 0.194 e. The van der Waals surface area contributed by atoms with Crippen LogP contribution in [0.4, 0.5) is 0 Å². The average molecular weight is 362 g/mol. The van der Waals surface area contributed by atoms with Crippen LogP contribution in [0.3, 0.4) is 0 Å². The van der Waals surface area contributed by atoms with Crippen molar-refractivity contribution in [3.05, 3.63) is 65.7 Å². The Morgan fingerprint density at radius 2 is 1.85 bits per heavy atom. The van der Waals surface area contributed by atoms with Crippen molar-refractivity contribution in [3.63, 3.8) is 0 Å². The molecule has 1 saturated heterocycles. The van der Waals surface area contributed by atoms with Crippen molar-refractivity contribution >= 4 is 5.96 Å². The molecule has 1 aliphatic heterocycles. The van der Waals surface area contributed by atoms with Crippen LogP contribution in [0.1, 0.15) is 30.9 Å². The van der Waals surface area contributed by atoms with Crippen molar-refractivity contribution in [2.45, 2.75) is 32.4 Å². The Bertz CT molecular complexity index is 772. The molecule has 5 nitrogen and oxygen atoms in total. The normalized spacial score (nSPS) is 15.3. The van der Waals surface area contributed by atoms with Gasteiger partial charge >= 0.3 is 0 Å². The molecule has 1 N–H and O–H groups in total. The quantitative estimate of drug-likeness (QED) is 0.652. The van der Waals surface area contributed by atoms with E-state index in [-0.39, 0.29) is 6.10 Å². The van der Waals surface area contributed by atoms with Crippen LogP contribution in [0.5, 0.6) is 5.75 Å². The Labute approximate surface area is 161 Å². The fourth-order valence-electron chi connectivity index (χ4n) is 3.15. The first-order valence-electron chi connectivity index (χ1n) is 9.52. The van der Waals surface area contributed by atoms with E-state index < -0.39 is 0 Å². The summed E-state index contributed by atoms with van der Waals surface area (Å²) in [6.45, 7) is 5.39. The first-order chi connectivity index (χ1) is 13.3. The predicted octanol–water partition coefficient (Wildman–Crippen LogP) is 3.57. The number of nitrogens with one attached hydrogen (secondary N) is 1. The van der Waals surface area contributed by atoms with Crippen LogP contribution in [0, 0.1) is 11.3 Å². The van der Waals surface area contributed by atoms with Crippen molar-refractivity contribution in [1.29, 1.82) is 5.26 Å². The number of piperidine rings is 1. The molecule has 0 amide bonds. The minimum Gasteiger partial charge on any atom is -0.490 e. The summed E-state index contributed by atoms with van der Waals surface area (Å²) in [5.74, 6) is 1.89. The Morgan fingerprint density at radius 3 is 2.48 bits per heavy atom. The van der Waals surface area contributed by atoms with Crippen molar-refractivity contribution in [2.24, 2.45) is 4.99 Å². The molecular weight excluding hydrogens is 336 g/mol. The molecule has 0 aromatic heterocycles. The Morgan fingerprint density at radius 1 is 1.15 bits per heavy atom. The van der Waals surface area contributed by atoms with Gasteiger partial charge in [-0.05, 0) is 36.8 Å². The van der Waals surface area contributed by atoms with Crippen molar-refractivity contribution < 1.29 is 4.74 Å². The van der Waals surface area contributed by atoms with E-state index in [0.717, 1.165) is 49.7 Å². The van der Waals surface area contributed by atoms with Gasteiger partial charge in [0.25, 0.3) is 0 Å². The molecule has 0 unspecified atom stereocenters.